The Labute approximate surface area is 107 Å². The molecule has 2 aromatic rings. The van der Waals surface area contributed by atoms with Crippen LogP contribution >= 0.6 is 0 Å². The zero-order valence-electron chi connectivity index (χ0n) is 10.6. The Kier molecular flexibility index (Phi) is 3.59. The molecule has 0 aliphatic heterocycles. The highest BCUT2D eigenvalue weighted by Gasteiger charge is 2.12. The van der Waals surface area contributed by atoms with Gasteiger partial charge in [-0.05, 0) is 43.7 Å². The summed E-state index contributed by atoms with van der Waals surface area (Å²) in [4.78, 5) is 6.38. The molecule has 1 heterocycles. The normalized spacial score (nSPS) is 9.83. The van der Waals surface area contributed by atoms with E-state index in [2.05, 4.69) is 37.0 Å². The standard InChI is InChI=1S/C15H15N3/c1-3-18(14-8-4-6-12(2)10-14)15-13(11-16)7-5-9-17-15/h4-10H,3H2,1-2H3. The number of anilines is 2. The first-order valence-corrected chi connectivity index (χ1v) is 5.95. The largest absolute Gasteiger partial charge is 0.326 e. The van der Waals surface area contributed by atoms with Gasteiger partial charge in [0.1, 0.15) is 6.07 Å². The van der Waals surface area contributed by atoms with Crippen molar-refractivity contribution in [2.24, 2.45) is 0 Å². The van der Waals surface area contributed by atoms with E-state index in [1.165, 1.54) is 5.56 Å². The average molecular weight is 237 g/mol. The van der Waals surface area contributed by atoms with E-state index in [1.54, 1.807) is 18.3 Å². The van der Waals surface area contributed by atoms with Gasteiger partial charge in [0.25, 0.3) is 0 Å². The summed E-state index contributed by atoms with van der Waals surface area (Å²) >= 11 is 0. The van der Waals surface area contributed by atoms with Crippen molar-refractivity contribution < 1.29 is 0 Å². The number of nitrogens with zero attached hydrogens (tertiary/aromatic N) is 3. The fourth-order valence-electron chi connectivity index (χ4n) is 1.95. The maximum atomic E-state index is 9.15. The Balaban J connectivity index is 2.49. The van der Waals surface area contributed by atoms with Gasteiger partial charge in [0.05, 0.1) is 5.56 Å². The lowest BCUT2D eigenvalue weighted by Gasteiger charge is -2.23. The zero-order valence-corrected chi connectivity index (χ0v) is 10.6. The minimum Gasteiger partial charge on any atom is -0.326 e. The average Bonchev–Trinajstić information content (AvgIpc) is 2.40. The molecule has 0 amide bonds. The van der Waals surface area contributed by atoms with E-state index in [-0.39, 0.29) is 0 Å². The van der Waals surface area contributed by atoms with Crippen LogP contribution in [0.5, 0.6) is 0 Å². The second-order valence-corrected chi connectivity index (χ2v) is 4.07. The van der Waals surface area contributed by atoms with Gasteiger partial charge < -0.3 is 4.90 Å². The molecular weight excluding hydrogens is 222 g/mol. The van der Waals surface area contributed by atoms with Gasteiger partial charge in [-0.15, -0.1) is 0 Å². The summed E-state index contributed by atoms with van der Waals surface area (Å²) in [6.45, 7) is 4.88. The van der Waals surface area contributed by atoms with Crippen molar-refractivity contribution in [3.63, 3.8) is 0 Å². The number of benzene rings is 1. The summed E-state index contributed by atoms with van der Waals surface area (Å²) in [5, 5.41) is 9.15. The second kappa shape index (κ2) is 5.33. The Morgan fingerprint density at radius 1 is 1.28 bits per heavy atom. The minimum atomic E-state index is 0.598. The Hall–Kier alpha value is -2.34. The van der Waals surface area contributed by atoms with Crippen LogP contribution in [0.4, 0.5) is 11.5 Å². The third-order valence-electron chi connectivity index (χ3n) is 2.79. The summed E-state index contributed by atoms with van der Waals surface area (Å²) in [6.07, 6.45) is 1.72. The quantitative estimate of drug-likeness (QED) is 0.821. The van der Waals surface area contributed by atoms with Crippen LogP contribution in [0.25, 0.3) is 0 Å². The number of pyridine rings is 1. The van der Waals surface area contributed by atoms with E-state index < -0.39 is 0 Å². The summed E-state index contributed by atoms with van der Waals surface area (Å²) in [5.74, 6) is 0.716. The second-order valence-electron chi connectivity index (χ2n) is 4.07. The summed E-state index contributed by atoms with van der Waals surface area (Å²) < 4.78 is 0. The third kappa shape index (κ3) is 2.33. The maximum absolute atomic E-state index is 9.15. The molecule has 0 aliphatic carbocycles. The molecule has 1 aromatic heterocycles. The molecule has 3 nitrogen and oxygen atoms in total. The number of rotatable bonds is 3. The van der Waals surface area contributed by atoms with Crippen molar-refractivity contribution in [3.05, 3.63) is 53.7 Å². The van der Waals surface area contributed by atoms with Crippen LogP contribution < -0.4 is 4.90 Å². The van der Waals surface area contributed by atoms with Crippen molar-refractivity contribution in [3.8, 4) is 6.07 Å². The first-order valence-electron chi connectivity index (χ1n) is 5.95. The van der Waals surface area contributed by atoms with Gasteiger partial charge >= 0.3 is 0 Å². The predicted octanol–water partition coefficient (Wildman–Crippen LogP) is 3.42. The van der Waals surface area contributed by atoms with Crippen LogP contribution in [0.1, 0.15) is 18.1 Å². The predicted molar refractivity (Wildman–Crippen MR) is 72.8 cm³/mol. The SMILES string of the molecule is CCN(c1cccc(C)c1)c1ncccc1C#N. The van der Waals surface area contributed by atoms with Crippen LogP contribution in [0.3, 0.4) is 0 Å². The molecule has 2 rings (SSSR count). The Morgan fingerprint density at radius 3 is 2.78 bits per heavy atom. The van der Waals surface area contributed by atoms with Crippen molar-refractivity contribution in [1.82, 2.24) is 4.98 Å². The van der Waals surface area contributed by atoms with E-state index >= 15 is 0 Å². The number of hydrogen-bond donors (Lipinski definition) is 0. The zero-order chi connectivity index (χ0) is 13.0. The monoisotopic (exact) mass is 237 g/mol. The highest BCUT2D eigenvalue weighted by atomic mass is 15.2. The van der Waals surface area contributed by atoms with E-state index in [1.807, 2.05) is 17.0 Å². The fourth-order valence-corrected chi connectivity index (χ4v) is 1.95. The summed E-state index contributed by atoms with van der Waals surface area (Å²) in [6, 6.07) is 14.0. The molecule has 90 valence electrons. The molecule has 18 heavy (non-hydrogen) atoms. The molecule has 3 heteroatoms. The Bertz CT molecular complexity index is 584. The minimum absolute atomic E-state index is 0.598. The topological polar surface area (TPSA) is 39.9 Å². The van der Waals surface area contributed by atoms with Crippen molar-refractivity contribution >= 4 is 11.5 Å². The van der Waals surface area contributed by atoms with Gasteiger partial charge in [0.15, 0.2) is 5.82 Å². The van der Waals surface area contributed by atoms with Crippen LogP contribution in [-0.4, -0.2) is 11.5 Å². The first-order chi connectivity index (χ1) is 8.76. The van der Waals surface area contributed by atoms with Gasteiger partial charge in [0.2, 0.25) is 0 Å². The summed E-state index contributed by atoms with van der Waals surface area (Å²) in [7, 11) is 0. The third-order valence-corrected chi connectivity index (χ3v) is 2.79. The molecule has 0 saturated heterocycles. The van der Waals surface area contributed by atoms with Gasteiger partial charge in [-0.1, -0.05) is 12.1 Å². The van der Waals surface area contributed by atoms with Gasteiger partial charge in [-0.25, -0.2) is 4.98 Å². The summed E-state index contributed by atoms with van der Waals surface area (Å²) in [5.41, 5.74) is 2.86. The highest BCUT2D eigenvalue weighted by Crippen LogP contribution is 2.26. The molecule has 0 radical (unpaired) electrons. The van der Waals surface area contributed by atoms with Crippen LogP contribution in [0.15, 0.2) is 42.6 Å². The van der Waals surface area contributed by atoms with Gasteiger partial charge in [0, 0.05) is 18.4 Å². The highest BCUT2D eigenvalue weighted by molar-refractivity contribution is 5.65. The molecule has 0 unspecified atom stereocenters. The number of hydrogen-bond acceptors (Lipinski definition) is 3. The molecule has 0 fully saturated rings. The molecule has 0 bridgehead atoms. The Morgan fingerprint density at radius 2 is 2.11 bits per heavy atom. The number of aryl methyl sites for hydroxylation is 1. The molecule has 0 saturated carbocycles. The molecule has 1 aromatic carbocycles. The lowest BCUT2D eigenvalue weighted by Crippen LogP contribution is -2.18. The molecule has 0 N–H and O–H groups in total. The maximum Gasteiger partial charge on any atom is 0.150 e. The van der Waals surface area contributed by atoms with E-state index in [0.717, 1.165) is 12.2 Å². The molecule has 0 atom stereocenters. The first kappa shape index (κ1) is 12.1. The van der Waals surface area contributed by atoms with Crippen LogP contribution in [0.2, 0.25) is 0 Å². The molecule has 0 spiro atoms. The lowest BCUT2D eigenvalue weighted by molar-refractivity contribution is 0.984. The number of aromatic nitrogens is 1. The van der Waals surface area contributed by atoms with Crippen molar-refractivity contribution in [2.45, 2.75) is 13.8 Å². The van der Waals surface area contributed by atoms with Crippen LogP contribution in [-0.2, 0) is 0 Å². The van der Waals surface area contributed by atoms with Crippen molar-refractivity contribution in [2.75, 3.05) is 11.4 Å². The molecular formula is C15H15N3. The van der Waals surface area contributed by atoms with E-state index in [0.29, 0.717) is 11.4 Å². The lowest BCUT2D eigenvalue weighted by atomic mass is 10.2. The van der Waals surface area contributed by atoms with E-state index in [4.69, 9.17) is 5.26 Å². The van der Waals surface area contributed by atoms with Crippen molar-refractivity contribution in [1.29, 1.82) is 5.26 Å². The van der Waals surface area contributed by atoms with Gasteiger partial charge in [-0.3, -0.25) is 0 Å². The number of nitriles is 1. The fraction of sp³-hybridized carbons (Fsp3) is 0.200. The van der Waals surface area contributed by atoms with Gasteiger partial charge in [-0.2, -0.15) is 5.26 Å². The van der Waals surface area contributed by atoms with Crippen LogP contribution in [0, 0.1) is 18.3 Å². The smallest absolute Gasteiger partial charge is 0.150 e. The molecule has 0 aliphatic rings. The van der Waals surface area contributed by atoms with E-state index in [9.17, 15) is 0 Å².